The minimum Gasteiger partial charge on any atom is -0.403 e. The van der Waals surface area contributed by atoms with Crippen molar-refractivity contribution in [3.05, 3.63) is 41.2 Å². The molecule has 1 nitrogen and oxygen atoms in total. The Hall–Kier alpha value is -1.52. The first-order valence-corrected chi connectivity index (χ1v) is 12.5. The van der Waals surface area contributed by atoms with Crippen molar-refractivity contribution in [1.82, 2.24) is 0 Å². The van der Waals surface area contributed by atoms with Crippen LogP contribution in [0.4, 0.5) is 17.6 Å². The van der Waals surface area contributed by atoms with Gasteiger partial charge in [-0.3, -0.25) is 0 Å². The average Bonchev–Trinajstić information content (AvgIpc) is 2.76. The zero-order valence-corrected chi connectivity index (χ0v) is 19.5. The lowest BCUT2D eigenvalue weighted by Gasteiger charge is -2.38. The lowest BCUT2D eigenvalue weighted by atomic mass is 9.68. The summed E-state index contributed by atoms with van der Waals surface area (Å²) in [7, 11) is 0. The summed E-state index contributed by atoms with van der Waals surface area (Å²) in [5.74, 6) is 1.71. The molecule has 0 aliphatic heterocycles. The topological polar surface area (TPSA) is 9.23 Å². The number of halogens is 4. The van der Waals surface area contributed by atoms with Crippen LogP contribution in [0.15, 0.2) is 29.8 Å². The SMILES string of the molecule is CCCC1CCC(C2CCC(/C(C)=C\CCc3ccc(OC(F)(F)F)c(F)c3)CC2)CC1. The van der Waals surface area contributed by atoms with E-state index in [1.807, 2.05) is 0 Å². The van der Waals surface area contributed by atoms with Gasteiger partial charge in [-0.1, -0.05) is 50.3 Å². The van der Waals surface area contributed by atoms with Gasteiger partial charge in [0.15, 0.2) is 11.6 Å². The van der Waals surface area contributed by atoms with Crippen molar-refractivity contribution >= 4 is 0 Å². The molecular weight excluding hydrogens is 416 g/mol. The third kappa shape index (κ3) is 7.52. The molecule has 0 unspecified atom stereocenters. The van der Waals surface area contributed by atoms with Gasteiger partial charge in [-0.15, -0.1) is 13.2 Å². The van der Waals surface area contributed by atoms with Gasteiger partial charge in [0, 0.05) is 0 Å². The van der Waals surface area contributed by atoms with E-state index in [1.54, 1.807) is 0 Å². The Balaban J connectivity index is 1.41. The third-order valence-electron chi connectivity index (χ3n) is 7.79. The molecular formula is C27H38F4O. The number of benzene rings is 1. The summed E-state index contributed by atoms with van der Waals surface area (Å²) < 4.78 is 54.4. The Morgan fingerprint density at radius 2 is 1.62 bits per heavy atom. The fourth-order valence-electron chi connectivity index (χ4n) is 5.94. The molecule has 0 spiro atoms. The van der Waals surface area contributed by atoms with E-state index in [-0.39, 0.29) is 0 Å². The second kappa shape index (κ2) is 11.6. The molecule has 2 aliphatic rings. The van der Waals surface area contributed by atoms with E-state index in [1.165, 1.54) is 75.8 Å². The minimum absolute atomic E-state index is 0.608. The minimum atomic E-state index is -4.88. The fourth-order valence-corrected chi connectivity index (χ4v) is 5.94. The summed E-state index contributed by atoms with van der Waals surface area (Å²) in [6.45, 7) is 4.49. The summed E-state index contributed by atoms with van der Waals surface area (Å²) in [5, 5.41) is 0. The number of aryl methyl sites for hydroxylation is 1. The van der Waals surface area contributed by atoms with E-state index in [2.05, 4.69) is 24.7 Å². The van der Waals surface area contributed by atoms with Crippen LogP contribution in [-0.4, -0.2) is 6.36 Å². The molecule has 1 aromatic rings. The largest absolute Gasteiger partial charge is 0.573 e. The number of hydrogen-bond donors (Lipinski definition) is 0. The Labute approximate surface area is 190 Å². The Morgan fingerprint density at radius 1 is 1.00 bits per heavy atom. The van der Waals surface area contributed by atoms with Crippen LogP contribution in [0.2, 0.25) is 0 Å². The molecule has 0 radical (unpaired) electrons. The van der Waals surface area contributed by atoms with Gasteiger partial charge in [0.05, 0.1) is 0 Å². The molecule has 2 saturated carbocycles. The number of allylic oxidation sites excluding steroid dienone is 2. The van der Waals surface area contributed by atoms with E-state index < -0.39 is 17.9 Å². The van der Waals surface area contributed by atoms with Gasteiger partial charge in [-0.25, -0.2) is 4.39 Å². The monoisotopic (exact) mass is 454 g/mol. The normalized spacial score (nSPS) is 27.4. The highest BCUT2D eigenvalue weighted by Crippen LogP contribution is 2.43. The highest BCUT2D eigenvalue weighted by molar-refractivity contribution is 5.30. The predicted molar refractivity (Wildman–Crippen MR) is 121 cm³/mol. The van der Waals surface area contributed by atoms with Gasteiger partial charge in [0.1, 0.15) is 0 Å². The Kier molecular flexibility index (Phi) is 9.07. The maximum atomic E-state index is 13.9. The molecule has 2 aliphatic carbocycles. The molecule has 0 N–H and O–H groups in total. The molecule has 2 fully saturated rings. The van der Waals surface area contributed by atoms with Gasteiger partial charge < -0.3 is 4.74 Å². The van der Waals surface area contributed by atoms with Gasteiger partial charge in [0.2, 0.25) is 0 Å². The third-order valence-corrected chi connectivity index (χ3v) is 7.79. The predicted octanol–water partition coefficient (Wildman–Crippen LogP) is 9.02. The summed E-state index contributed by atoms with van der Waals surface area (Å²) in [4.78, 5) is 0. The van der Waals surface area contributed by atoms with Crippen LogP contribution in [0.1, 0.15) is 90.0 Å². The maximum Gasteiger partial charge on any atom is 0.573 e. The number of ether oxygens (including phenoxy) is 1. The standard InChI is InChI=1S/C27H38F4O/c1-3-5-20-8-11-23(12-9-20)24-15-13-22(14-16-24)19(2)6-4-7-21-10-17-26(25(28)18-21)32-27(29,30)31/h6,10,17-18,20,22-24H,3-5,7-9,11-16H2,1-2H3/b19-6-. The van der Waals surface area contributed by atoms with Gasteiger partial charge in [-0.2, -0.15) is 0 Å². The summed E-state index contributed by atoms with van der Waals surface area (Å²) in [5.41, 5.74) is 2.09. The van der Waals surface area contributed by atoms with Crippen molar-refractivity contribution in [2.75, 3.05) is 0 Å². The molecule has 3 rings (SSSR count). The molecule has 32 heavy (non-hydrogen) atoms. The number of hydrogen-bond acceptors (Lipinski definition) is 1. The second-order valence-electron chi connectivity index (χ2n) is 9.98. The average molecular weight is 455 g/mol. The van der Waals surface area contributed by atoms with Crippen molar-refractivity contribution in [2.45, 2.75) is 97.3 Å². The fraction of sp³-hybridized carbons (Fsp3) is 0.704. The smallest absolute Gasteiger partial charge is 0.403 e. The van der Waals surface area contributed by atoms with Crippen LogP contribution in [-0.2, 0) is 6.42 Å². The van der Waals surface area contributed by atoms with Crippen LogP contribution in [0.3, 0.4) is 0 Å². The van der Waals surface area contributed by atoms with E-state index in [0.717, 1.165) is 36.3 Å². The van der Waals surface area contributed by atoms with Gasteiger partial charge >= 0.3 is 6.36 Å². The number of rotatable bonds is 8. The molecule has 180 valence electrons. The van der Waals surface area contributed by atoms with Crippen LogP contribution >= 0.6 is 0 Å². The zero-order chi connectivity index (χ0) is 23.1. The van der Waals surface area contributed by atoms with E-state index >= 15 is 0 Å². The molecule has 0 heterocycles. The lowest BCUT2D eigenvalue weighted by Crippen LogP contribution is -2.26. The summed E-state index contributed by atoms with van der Waals surface area (Å²) >= 11 is 0. The Bertz CT molecular complexity index is 739. The zero-order valence-electron chi connectivity index (χ0n) is 19.5. The first-order valence-electron chi connectivity index (χ1n) is 12.5. The Morgan fingerprint density at radius 3 is 2.19 bits per heavy atom. The molecule has 0 atom stereocenters. The van der Waals surface area contributed by atoms with Crippen molar-refractivity contribution < 1.29 is 22.3 Å². The summed E-state index contributed by atoms with van der Waals surface area (Å²) in [6.07, 6.45) is 12.4. The van der Waals surface area contributed by atoms with Crippen LogP contribution in [0, 0.1) is 29.5 Å². The van der Waals surface area contributed by atoms with Crippen LogP contribution in [0.25, 0.3) is 0 Å². The van der Waals surface area contributed by atoms with Gasteiger partial charge in [-0.05, 0) is 99.7 Å². The first kappa shape index (κ1) is 25.1. The molecule has 0 amide bonds. The van der Waals surface area contributed by atoms with E-state index in [9.17, 15) is 17.6 Å². The quantitative estimate of drug-likeness (QED) is 0.281. The van der Waals surface area contributed by atoms with E-state index in [0.29, 0.717) is 17.9 Å². The van der Waals surface area contributed by atoms with Crippen molar-refractivity contribution in [3.63, 3.8) is 0 Å². The van der Waals surface area contributed by atoms with Crippen LogP contribution in [0.5, 0.6) is 5.75 Å². The van der Waals surface area contributed by atoms with E-state index in [4.69, 9.17) is 0 Å². The number of alkyl halides is 3. The van der Waals surface area contributed by atoms with Gasteiger partial charge in [0.25, 0.3) is 0 Å². The summed E-state index contributed by atoms with van der Waals surface area (Å²) in [6, 6.07) is 3.71. The van der Waals surface area contributed by atoms with Crippen molar-refractivity contribution in [2.24, 2.45) is 23.7 Å². The van der Waals surface area contributed by atoms with Crippen molar-refractivity contribution in [3.8, 4) is 5.75 Å². The van der Waals surface area contributed by atoms with Crippen LogP contribution < -0.4 is 4.74 Å². The first-order chi connectivity index (χ1) is 15.2. The molecule has 5 heteroatoms. The lowest BCUT2D eigenvalue weighted by molar-refractivity contribution is -0.275. The molecule has 0 bridgehead atoms. The molecule has 1 aromatic carbocycles. The highest BCUT2D eigenvalue weighted by Gasteiger charge is 2.32. The molecule has 0 saturated heterocycles. The highest BCUT2D eigenvalue weighted by atomic mass is 19.4. The maximum absolute atomic E-state index is 13.9. The second-order valence-corrected chi connectivity index (χ2v) is 9.98. The molecule has 0 aromatic heterocycles. The van der Waals surface area contributed by atoms with Crippen molar-refractivity contribution in [1.29, 1.82) is 0 Å².